The summed E-state index contributed by atoms with van der Waals surface area (Å²) in [6, 6.07) is 7.49. The van der Waals surface area contributed by atoms with E-state index in [1.54, 1.807) is 13.2 Å². The summed E-state index contributed by atoms with van der Waals surface area (Å²) < 4.78 is 15.5. The van der Waals surface area contributed by atoms with Crippen molar-refractivity contribution in [3.8, 4) is 5.75 Å². The summed E-state index contributed by atoms with van der Waals surface area (Å²) in [6.45, 7) is 3.01. The Morgan fingerprint density at radius 2 is 2.10 bits per heavy atom. The van der Waals surface area contributed by atoms with Gasteiger partial charge in [0, 0.05) is 18.6 Å². The molecule has 0 spiro atoms. The monoisotopic (exact) mass is 289 g/mol. The van der Waals surface area contributed by atoms with Gasteiger partial charge >= 0.3 is 5.97 Å². The third kappa shape index (κ3) is 3.31. The lowest BCUT2D eigenvalue weighted by molar-refractivity contribution is 0.0594. The van der Waals surface area contributed by atoms with E-state index in [0.717, 1.165) is 22.9 Å². The first-order valence-electron chi connectivity index (χ1n) is 6.84. The molecule has 0 amide bonds. The molecule has 5 heteroatoms. The summed E-state index contributed by atoms with van der Waals surface area (Å²) in [6.07, 6.45) is 0.719. The van der Waals surface area contributed by atoms with Gasteiger partial charge in [-0.1, -0.05) is 12.1 Å². The molecule has 112 valence electrons. The molecule has 0 unspecified atom stereocenters. The Balaban J connectivity index is 2.61. The lowest BCUT2D eigenvalue weighted by Gasteiger charge is -2.12. The highest BCUT2D eigenvalue weighted by molar-refractivity contribution is 5.95. The quantitative estimate of drug-likeness (QED) is 0.765. The van der Waals surface area contributed by atoms with E-state index in [1.165, 1.54) is 7.11 Å². The first-order chi connectivity index (χ1) is 10.2. The SMILES string of the molecule is CCOc1cc(C(=O)OC)nc2c(CCOC)cccc12. The van der Waals surface area contributed by atoms with Crippen LogP contribution in [0.5, 0.6) is 5.75 Å². The summed E-state index contributed by atoms with van der Waals surface area (Å²) in [5.41, 5.74) is 2.01. The highest BCUT2D eigenvalue weighted by atomic mass is 16.5. The van der Waals surface area contributed by atoms with Gasteiger partial charge in [0.15, 0.2) is 5.69 Å². The van der Waals surface area contributed by atoms with Crippen molar-refractivity contribution in [2.45, 2.75) is 13.3 Å². The third-order valence-corrected chi connectivity index (χ3v) is 3.16. The zero-order chi connectivity index (χ0) is 15.2. The molecule has 0 aliphatic carbocycles. The molecule has 1 heterocycles. The first kappa shape index (κ1) is 15.3. The maximum atomic E-state index is 11.8. The molecule has 5 nitrogen and oxygen atoms in total. The van der Waals surface area contributed by atoms with E-state index >= 15 is 0 Å². The Labute approximate surface area is 123 Å². The van der Waals surface area contributed by atoms with Gasteiger partial charge in [0.1, 0.15) is 5.75 Å². The summed E-state index contributed by atoms with van der Waals surface area (Å²) in [4.78, 5) is 16.2. The molecule has 2 aromatic rings. The Morgan fingerprint density at radius 1 is 1.29 bits per heavy atom. The van der Waals surface area contributed by atoms with E-state index in [9.17, 15) is 4.79 Å². The normalized spacial score (nSPS) is 10.6. The molecule has 1 aromatic heterocycles. The van der Waals surface area contributed by atoms with Crippen LogP contribution in [0.4, 0.5) is 0 Å². The predicted molar refractivity (Wildman–Crippen MR) is 79.8 cm³/mol. The summed E-state index contributed by atoms with van der Waals surface area (Å²) >= 11 is 0. The van der Waals surface area contributed by atoms with Crippen LogP contribution in [-0.2, 0) is 15.9 Å². The minimum Gasteiger partial charge on any atom is -0.493 e. The number of aromatic nitrogens is 1. The van der Waals surface area contributed by atoms with E-state index in [4.69, 9.17) is 14.2 Å². The van der Waals surface area contributed by atoms with E-state index < -0.39 is 5.97 Å². The highest BCUT2D eigenvalue weighted by Crippen LogP contribution is 2.28. The maximum Gasteiger partial charge on any atom is 0.356 e. The number of hydrogen-bond acceptors (Lipinski definition) is 5. The number of carbonyl (C=O) groups is 1. The standard InChI is InChI=1S/C16H19NO4/c1-4-21-14-10-13(16(18)20-3)17-15-11(8-9-19-2)6-5-7-12(14)15/h5-7,10H,4,8-9H2,1-3H3. The maximum absolute atomic E-state index is 11.8. The number of carbonyl (C=O) groups excluding carboxylic acids is 1. The lowest BCUT2D eigenvalue weighted by Crippen LogP contribution is -2.07. The number of fused-ring (bicyclic) bond motifs is 1. The van der Waals surface area contributed by atoms with Gasteiger partial charge in [-0.15, -0.1) is 0 Å². The molecule has 1 aromatic carbocycles. The van der Waals surface area contributed by atoms with Crippen molar-refractivity contribution in [3.63, 3.8) is 0 Å². The minimum atomic E-state index is -0.473. The molecule has 2 rings (SSSR count). The first-order valence-corrected chi connectivity index (χ1v) is 6.84. The number of rotatable bonds is 6. The molecule has 0 atom stereocenters. The average Bonchev–Trinajstić information content (AvgIpc) is 2.52. The fourth-order valence-electron chi connectivity index (χ4n) is 2.17. The van der Waals surface area contributed by atoms with Crippen molar-refractivity contribution in [2.75, 3.05) is 27.4 Å². The van der Waals surface area contributed by atoms with Gasteiger partial charge in [-0.3, -0.25) is 0 Å². The van der Waals surface area contributed by atoms with Crippen molar-refractivity contribution < 1.29 is 19.0 Å². The summed E-state index contributed by atoms with van der Waals surface area (Å²) in [5, 5.41) is 0.887. The third-order valence-electron chi connectivity index (χ3n) is 3.16. The van der Waals surface area contributed by atoms with Crippen LogP contribution in [0.15, 0.2) is 24.3 Å². The molecular formula is C16H19NO4. The molecule has 0 fully saturated rings. The number of esters is 1. The number of ether oxygens (including phenoxy) is 3. The molecule has 0 bridgehead atoms. The van der Waals surface area contributed by atoms with Crippen LogP contribution in [0, 0.1) is 0 Å². The number of nitrogens with zero attached hydrogens (tertiary/aromatic N) is 1. The molecule has 0 N–H and O–H groups in total. The van der Waals surface area contributed by atoms with Gasteiger partial charge < -0.3 is 14.2 Å². The van der Waals surface area contributed by atoms with Gasteiger partial charge in [0.2, 0.25) is 0 Å². The second-order valence-electron chi connectivity index (χ2n) is 4.49. The second kappa shape index (κ2) is 7.04. The summed E-state index contributed by atoms with van der Waals surface area (Å²) in [7, 11) is 3.00. The highest BCUT2D eigenvalue weighted by Gasteiger charge is 2.15. The van der Waals surface area contributed by atoms with Crippen LogP contribution in [0.25, 0.3) is 10.9 Å². The van der Waals surface area contributed by atoms with E-state index in [0.29, 0.717) is 19.0 Å². The van der Waals surface area contributed by atoms with E-state index in [2.05, 4.69) is 4.98 Å². The largest absolute Gasteiger partial charge is 0.493 e. The predicted octanol–water partition coefficient (Wildman–Crippen LogP) is 2.61. The molecular weight excluding hydrogens is 270 g/mol. The molecule has 0 aliphatic heterocycles. The fourth-order valence-corrected chi connectivity index (χ4v) is 2.17. The van der Waals surface area contributed by atoms with Crippen LogP contribution < -0.4 is 4.74 Å². The lowest BCUT2D eigenvalue weighted by atomic mass is 10.1. The van der Waals surface area contributed by atoms with Crippen LogP contribution in [0.3, 0.4) is 0 Å². The van der Waals surface area contributed by atoms with Crippen molar-refractivity contribution in [3.05, 3.63) is 35.5 Å². The van der Waals surface area contributed by atoms with Crippen LogP contribution in [0.1, 0.15) is 23.0 Å². The minimum absolute atomic E-state index is 0.248. The Morgan fingerprint density at radius 3 is 2.76 bits per heavy atom. The number of benzene rings is 1. The molecule has 0 aliphatic rings. The van der Waals surface area contributed by atoms with Crippen molar-refractivity contribution in [2.24, 2.45) is 0 Å². The average molecular weight is 289 g/mol. The van der Waals surface area contributed by atoms with Crippen LogP contribution >= 0.6 is 0 Å². The Bertz CT molecular complexity index is 639. The van der Waals surface area contributed by atoms with Crippen LogP contribution in [0.2, 0.25) is 0 Å². The van der Waals surface area contributed by atoms with Gasteiger partial charge in [0.05, 0.1) is 25.8 Å². The Kier molecular flexibility index (Phi) is 5.11. The van der Waals surface area contributed by atoms with Crippen molar-refractivity contribution >= 4 is 16.9 Å². The van der Waals surface area contributed by atoms with Crippen molar-refractivity contribution in [1.82, 2.24) is 4.98 Å². The second-order valence-corrected chi connectivity index (χ2v) is 4.49. The van der Waals surface area contributed by atoms with E-state index in [-0.39, 0.29) is 5.69 Å². The number of methoxy groups -OCH3 is 2. The molecule has 0 saturated heterocycles. The fraction of sp³-hybridized carbons (Fsp3) is 0.375. The smallest absolute Gasteiger partial charge is 0.356 e. The van der Waals surface area contributed by atoms with Gasteiger partial charge in [-0.2, -0.15) is 0 Å². The number of hydrogen-bond donors (Lipinski definition) is 0. The number of pyridine rings is 1. The number of para-hydroxylation sites is 1. The molecule has 21 heavy (non-hydrogen) atoms. The van der Waals surface area contributed by atoms with Crippen molar-refractivity contribution in [1.29, 1.82) is 0 Å². The molecule has 0 saturated carbocycles. The van der Waals surface area contributed by atoms with Gasteiger partial charge in [0.25, 0.3) is 0 Å². The topological polar surface area (TPSA) is 57.7 Å². The van der Waals surface area contributed by atoms with Gasteiger partial charge in [-0.25, -0.2) is 9.78 Å². The zero-order valence-electron chi connectivity index (χ0n) is 12.5. The molecule has 0 radical (unpaired) electrons. The Hall–Kier alpha value is -2.14. The zero-order valence-corrected chi connectivity index (χ0v) is 12.5. The van der Waals surface area contributed by atoms with Crippen LogP contribution in [-0.4, -0.2) is 38.4 Å². The summed E-state index contributed by atoms with van der Waals surface area (Å²) in [5.74, 6) is 0.168. The van der Waals surface area contributed by atoms with Gasteiger partial charge in [-0.05, 0) is 25.0 Å². The van der Waals surface area contributed by atoms with E-state index in [1.807, 2.05) is 25.1 Å².